The van der Waals surface area contributed by atoms with Gasteiger partial charge in [0.15, 0.2) is 0 Å². The molecule has 0 radical (unpaired) electrons. The van der Waals surface area contributed by atoms with Crippen LogP contribution >= 0.6 is 0 Å². The molecule has 23 heavy (non-hydrogen) atoms. The maximum Gasteiger partial charge on any atom is 0.253 e. The van der Waals surface area contributed by atoms with Crippen LogP contribution in [0.1, 0.15) is 15.9 Å². The fraction of sp³-hybridized carbons (Fsp3) is 0.278. The number of hydrogen-bond donors (Lipinski definition) is 0. The van der Waals surface area contributed by atoms with Crippen LogP contribution in [0.15, 0.2) is 54.9 Å². The molecule has 0 aliphatic carbocycles. The van der Waals surface area contributed by atoms with Crippen molar-refractivity contribution in [1.29, 1.82) is 0 Å². The van der Waals surface area contributed by atoms with Gasteiger partial charge in [0.25, 0.3) is 5.91 Å². The summed E-state index contributed by atoms with van der Waals surface area (Å²) in [6.45, 7) is 2.31. The third-order valence-electron chi connectivity index (χ3n) is 4.02. The van der Waals surface area contributed by atoms with Gasteiger partial charge in [0.05, 0.1) is 6.42 Å². The lowest BCUT2D eigenvalue weighted by Gasteiger charge is -2.35. The summed E-state index contributed by atoms with van der Waals surface area (Å²) >= 11 is 0. The molecule has 5 heteroatoms. The molecule has 2 aromatic rings. The monoisotopic (exact) mass is 309 g/mol. The number of aromatic nitrogens is 1. The number of piperazine rings is 1. The minimum Gasteiger partial charge on any atom is -0.339 e. The van der Waals surface area contributed by atoms with Gasteiger partial charge < -0.3 is 9.80 Å². The van der Waals surface area contributed by atoms with Crippen molar-refractivity contribution < 1.29 is 9.59 Å². The second-order valence-electron chi connectivity index (χ2n) is 5.58. The minimum atomic E-state index is 0.0324. The van der Waals surface area contributed by atoms with E-state index in [0.29, 0.717) is 38.2 Å². The Morgan fingerprint density at radius 1 is 0.913 bits per heavy atom. The standard InChI is InChI=1S/C18H19N3O2/c22-17(13-15-5-4-8-19-14-15)20-9-11-21(12-10-20)18(23)16-6-2-1-3-7-16/h1-8,14H,9-13H2. The Morgan fingerprint density at radius 2 is 1.61 bits per heavy atom. The van der Waals surface area contributed by atoms with Crippen molar-refractivity contribution in [2.24, 2.45) is 0 Å². The van der Waals surface area contributed by atoms with Gasteiger partial charge >= 0.3 is 0 Å². The molecule has 1 aromatic carbocycles. The van der Waals surface area contributed by atoms with E-state index < -0.39 is 0 Å². The molecule has 0 atom stereocenters. The number of rotatable bonds is 3. The fourth-order valence-electron chi connectivity index (χ4n) is 2.71. The van der Waals surface area contributed by atoms with Crippen molar-refractivity contribution in [2.75, 3.05) is 26.2 Å². The van der Waals surface area contributed by atoms with Crippen LogP contribution in [-0.4, -0.2) is 52.8 Å². The Hall–Kier alpha value is -2.69. The highest BCUT2D eigenvalue weighted by Crippen LogP contribution is 2.10. The molecule has 0 unspecified atom stereocenters. The number of hydrogen-bond acceptors (Lipinski definition) is 3. The van der Waals surface area contributed by atoms with Gasteiger partial charge in [-0.1, -0.05) is 24.3 Å². The Kier molecular flexibility index (Phi) is 4.66. The van der Waals surface area contributed by atoms with Gasteiger partial charge in [-0.05, 0) is 23.8 Å². The second kappa shape index (κ2) is 7.05. The lowest BCUT2D eigenvalue weighted by Crippen LogP contribution is -2.51. The molecule has 1 aliphatic heterocycles. The van der Waals surface area contributed by atoms with Gasteiger partial charge in [0.2, 0.25) is 5.91 Å². The smallest absolute Gasteiger partial charge is 0.253 e. The summed E-state index contributed by atoms with van der Waals surface area (Å²) in [5.41, 5.74) is 1.61. The summed E-state index contributed by atoms with van der Waals surface area (Å²) in [5, 5.41) is 0. The van der Waals surface area contributed by atoms with Crippen LogP contribution in [0.3, 0.4) is 0 Å². The molecule has 1 aliphatic rings. The van der Waals surface area contributed by atoms with E-state index in [4.69, 9.17) is 0 Å². The lowest BCUT2D eigenvalue weighted by atomic mass is 10.1. The lowest BCUT2D eigenvalue weighted by molar-refractivity contribution is -0.131. The SMILES string of the molecule is O=C(Cc1cccnc1)N1CCN(C(=O)c2ccccc2)CC1. The van der Waals surface area contributed by atoms with Crippen molar-refractivity contribution in [3.8, 4) is 0 Å². The maximum atomic E-state index is 12.4. The summed E-state index contributed by atoms with van der Waals surface area (Å²) in [7, 11) is 0. The molecule has 2 amide bonds. The highest BCUT2D eigenvalue weighted by molar-refractivity contribution is 5.94. The molecule has 118 valence electrons. The molecule has 3 rings (SSSR count). The van der Waals surface area contributed by atoms with E-state index in [0.717, 1.165) is 5.56 Å². The molecule has 2 heterocycles. The molecule has 0 saturated carbocycles. The van der Waals surface area contributed by atoms with Gasteiger partial charge in [-0.2, -0.15) is 0 Å². The number of amides is 2. The van der Waals surface area contributed by atoms with Gasteiger partial charge in [-0.25, -0.2) is 0 Å². The molecule has 1 saturated heterocycles. The van der Waals surface area contributed by atoms with Crippen LogP contribution in [0, 0.1) is 0 Å². The molecular formula is C18H19N3O2. The number of carbonyl (C=O) groups excluding carboxylic acids is 2. The largest absolute Gasteiger partial charge is 0.339 e. The Bertz CT molecular complexity index is 665. The van der Waals surface area contributed by atoms with Gasteiger partial charge in [0.1, 0.15) is 0 Å². The average molecular weight is 309 g/mol. The normalized spacial score (nSPS) is 14.6. The number of pyridine rings is 1. The molecule has 1 aromatic heterocycles. The first kappa shape index (κ1) is 15.2. The average Bonchev–Trinajstić information content (AvgIpc) is 2.63. The van der Waals surface area contributed by atoms with Crippen LogP contribution < -0.4 is 0 Å². The summed E-state index contributed by atoms with van der Waals surface area (Å²) < 4.78 is 0. The van der Waals surface area contributed by atoms with Crippen molar-refractivity contribution in [1.82, 2.24) is 14.8 Å². The Labute approximate surface area is 135 Å². The van der Waals surface area contributed by atoms with E-state index in [1.807, 2.05) is 52.3 Å². The molecule has 0 spiro atoms. The Morgan fingerprint density at radius 3 is 2.26 bits per heavy atom. The number of carbonyl (C=O) groups is 2. The zero-order valence-electron chi connectivity index (χ0n) is 12.9. The molecule has 0 bridgehead atoms. The zero-order valence-corrected chi connectivity index (χ0v) is 12.9. The third-order valence-corrected chi connectivity index (χ3v) is 4.02. The summed E-state index contributed by atoms with van der Waals surface area (Å²) in [6.07, 6.45) is 3.77. The van der Waals surface area contributed by atoms with Crippen LogP contribution in [0.2, 0.25) is 0 Å². The summed E-state index contributed by atoms with van der Waals surface area (Å²) in [4.78, 5) is 32.3. The molecule has 0 N–H and O–H groups in total. The van der Waals surface area contributed by atoms with Crippen LogP contribution in [0.25, 0.3) is 0 Å². The molecule has 5 nitrogen and oxygen atoms in total. The van der Waals surface area contributed by atoms with Crippen molar-refractivity contribution in [3.63, 3.8) is 0 Å². The predicted octanol–water partition coefficient (Wildman–Crippen LogP) is 1.61. The van der Waals surface area contributed by atoms with Gasteiger partial charge in [-0.3, -0.25) is 14.6 Å². The van der Waals surface area contributed by atoms with Crippen molar-refractivity contribution in [2.45, 2.75) is 6.42 Å². The van der Waals surface area contributed by atoms with E-state index in [1.54, 1.807) is 12.4 Å². The van der Waals surface area contributed by atoms with E-state index in [-0.39, 0.29) is 11.8 Å². The number of nitrogens with zero attached hydrogens (tertiary/aromatic N) is 3. The third kappa shape index (κ3) is 3.74. The van der Waals surface area contributed by atoms with Crippen molar-refractivity contribution >= 4 is 11.8 Å². The predicted molar refractivity (Wildman–Crippen MR) is 86.9 cm³/mol. The first-order valence-corrected chi connectivity index (χ1v) is 7.75. The summed E-state index contributed by atoms with van der Waals surface area (Å²) in [6, 6.07) is 13.0. The molecular weight excluding hydrogens is 290 g/mol. The van der Waals surface area contributed by atoms with Gasteiger partial charge in [-0.15, -0.1) is 0 Å². The first-order valence-electron chi connectivity index (χ1n) is 7.75. The van der Waals surface area contributed by atoms with E-state index >= 15 is 0 Å². The van der Waals surface area contributed by atoms with Crippen LogP contribution in [0.5, 0.6) is 0 Å². The van der Waals surface area contributed by atoms with Crippen LogP contribution in [-0.2, 0) is 11.2 Å². The van der Waals surface area contributed by atoms with Crippen molar-refractivity contribution in [3.05, 3.63) is 66.0 Å². The quantitative estimate of drug-likeness (QED) is 0.865. The van der Waals surface area contributed by atoms with E-state index in [1.165, 1.54) is 0 Å². The highest BCUT2D eigenvalue weighted by Gasteiger charge is 2.24. The highest BCUT2D eigenvalue weighted by atomic mass is 16.2. The summed E-state index contributed by atoms with van der Waals surface area (Å²) in [5.74, 6) is 0.120. The van der Waals surface area contributed by atoms with Gasteiger partial charge in [0, 0.05) is 44.1 Å². The topological polar surface area (TPSA) is 53.5 Å². The van der Waals surface area contributed by atoms with Crippen LogP contribution in [0.4, 0.5) is 0 Å². The van der Waals surface area contributed by atoms with E-state index in [9.17, 15) is 9.59 Å². The Balaban J connectivity index is 1.54. The second-order valence-corrected chi connectivity index (χ2v) is 5.58. The zero-order chi connectivity index (χ0) is 16.1. The number of benzene rings is 1. The minimum absolute atomic E-state index is 0.0324. The fourth-order valence-corrected chi connectivity index (χ4v) is 2.71. The van der Waals surface area contributed by atoms with E-state index in [2.05, 4.69) is 4.98 Å². The first-order chi connectivity index (χ1) is 11.2. The molecule has 1 fully saturated rings. The maximum absolute atomic E-state index is 12.4.